The fourth-order valence-corrected chi connectivity index (χ4v) is 2.32. The van der Waals surface area contributed by atoms with Gasteiger partial charge >= 0.3 is 0 Å². The van der Waals surface area contributed by atoms with Gasteiger partial charge in [0.05, 0.1) is 12.7 Å². The minimum atomic E-state index is 0.347. The van der Waals surface area contributed by atoms with Crippen molar-refractivity contribution in [2.24, 2.45) is 17.8 Å². The third kappa shape index (κ3) is 4.38. The molecule has 0 fully saturated rings. The van der Waals surface area contributed by atoms with Crippen LogP contribution in [0.5, 0.6) is 11.5 Å². The van der Waals surface area contributed by atoms with Gasteiger partial charge in [-0.15, -0.1) is 0 Å². The van der Waals surface area contributed by atoms with Crippen molar-refractivity contribution in [2.45, 2.75) is 13.5 Å². The standard InChI is InChI=1S/C19H21N5O/c1-14-15(13-22-24(14)2)12-21-19(20)23-16-7-6-10-18(11-16)25-17-8-4-3-5-9-17/h3-11,13H,12H2,1-2H3,(H3,20,21,23). The van der Waals surface area contributed by atoms with E-state index in [1.807, 2.05) is 73.3 Å². The number of aromatic nitrogens is 2. The molecule has 3 N–H and O–H groups in total. The molecule has 0 radical (unpaired) electrons. The van der Waals surface area contributed by atoms with E-state index in [2.05, 4.69) is 15.4 Å². The molecule has 6 heteroatoms. The summed E-state index contributed by atoms with van der Waals surface area (Å²) in [4.78, 5) is 4.37. The zero-order valence-electron chi connectivity index (χ0n) is 14.3. The van der Waals surface area contributed by atoms with Crippen LogP contribution in [-0.2, 0) is 13.6 Å². The number of guanidine groups is 1. The van der Waals surface area contributed by atoms with Gasteiger partial charge in [-0.3, -0.25) is 4.68 Å². The second-order valence-corrected chi connectivity index (χ2v) is 5.65. The fourth-order valence-electron chi connectivity index (χ4n) is 2.32. The lowest BCUT2D eigenvalue weighted by Gasteiger charge is -2.09. The molecule has 0 spiro atoms. The highest BCUT2D eigenvalue weighted by Gasteiger charge is 2.04. The molecular formula is C19H21N5O. The molecule has 3 rings (SSSR count). The Bertz CT molecular complexity index is 871. The normalized spacial score (nSPS) is 11.4. The zero-order valence-corrected chi connectivity index (χ0v) is 14.3. The van der Waals surface area contributed by atoms with Crippen molar-refractivity contribution in [3.8, 4) is 11.5 Å². The third-order valence-electron chi connectivity index (χ3n) is 3.84. The number of nitrogens with two attached hydrogens (primary N) is 1. The van der Waals surface area contributed by atoms with Crippen LogP contribution in [0.1, 0.15) is 11.3 Å². The number of anilines is 1. The molecule has 3 aromatic rings. The maximum atomic E-state index is 5.98. The van der Waals surface area contributed by atoms with E-state index in [1.54, 1.807) is 6.20 Å². The van der Waals surface area contributed by atoms with Crippen molar-refractivity contribution in [1.82, 2.24) is 9.78 Å². The molecule has 1 heterocycles. The molecule has 128 valence electrons. The molecule has 0 aliphatic carbocycles. The van der Waals surface area contributed by atoms with Gasteiger partial charge in [-0.05, 0) is 31.2 Å². The molecule has 0 unspecified atom stereocenters. The second kappa shape index (κ2) is 7.53. The predicted octanol–water partition coefficient (Wildman–Crippen LogP) is 3.45. The summed E-state index contributed by atoms with van der Waals surface area (Å²) in [6.07, 6.45) is 1.81. The summed E-state index contributed by atoms with van der Waals surface area (Å²) in [5, 5.41) is 7.28. The number of aryl methyl sites for hydroxylation is 1. The van der Waals surface area contributed by atoms with E-state index < -0.39 is 0 Å². The molecule has 0 saturated carbocycles. The van der Waals surface area contributed by atoms with Crippen molar-refractivity contribution >= 4 is 11.6 Å². The first kappa shape index (κ1) is 16.6. The number of benzene rings is 2. The van der Waals surface area contributed by atoms with E-state index >= 15 is 0 Å². The summed E-state index contributed by atoms with van der Waals surface area (Å²) < 4.78 is 7.63. The lowest BCUT2D eigenvalue weighted by atomic mass is 10.2. The molecule has 0 aliphatic rings. The Balaban J connectivity index is 1.65. The Morgan fingerprint density at radius 1 is 1.16 bits per heavy atom. The van der Waals surface area contributed by atoms with E-state index in [9.17, 15) is 0 Å². The summed E-state index contributed by atoms with van der Waals surface area (Å²) in [6.45, 7) is 2.49. The number of aliphatic imine (C=N–C) groups is 1. The Labute approximate surface area is 147 Å². The molecule has 6 nitrogen and oxygen atoms in total. The van der Waals surface area contributed by atoms with Gasteiger partial charge in [0.15, 0.2) is 5.96 Å². The van der Waals surface area contributed by atoms with Crippen molar-refractivity contribution in [3.63, 3.8) is 0 Å². The third-order valence-corrected chi connectivity index (χ3v) is 3.84. The van der Waals surface area contributed by atoms with E-state index in [1.165, 1.54) is 0 Å². The maximum absolute atomic E-state index is 5.98. The first-order chi connectivity index (χ1) is 12.1. The Morgan fingerprint density at radius 2 is 1.92 bits per heavy atom. The number of nitrogens with zero attached hydrogens (tertiary/aromatic N) is 3. The summed E-state index contributed by atoms with van der Waals surface area (Å²) >= 11 is 0. The average molecular weight is 335 g/mol. The van der Waals surface area contributed by atoms with E-state index in [4.69, 9.17) is 10.5 Å². The molecule has 0 aliphatic heterocycles. The summed E-state index contributed by atoms with van der Waals surface area (Å²) in [7, 11) is 1.91. The topological polar surface area (TPSA) is 77.5 Å². The molecule has 2 aromatic carbocycles. The van der Waals surface area contributed by atoms with E-state index in [0.29, 0.717) is 12.5 Å². The van der Waals surface area contributed by atoms with Gasteiger partial charge in [0.25, 0.3) is 0 Å². The minimum Gasteiger partial charge on any atom is -0.457 e. The quantitative estimate of drug-likeness (QED) is 0.553. The van der Waals surface area contributed by atoms with Crippen molar-refractivity contribution in [3.05, 3.63) is 72.1 Å². The molecule has 0 amide bonds. The number of rotatable bonds is 5. The highest BCUT2D eigenvalue weighted by Crippen LogP contribution is 2.23. The van der Waals surface area contributed by atoms with Crippen LogP contribution in [0, 0.1) is 6.92 Å². The van der Waals surface area contributed by atoms with E-state index in [0.717, 1.165) is 28.4 Å². The van der Waals surface area contributed by atoms with Crippen LogP contribution in [0.2, 0.25) is 0 Å². The Hall–Kier alpha value is -3.28. The fraction of sp³-hybridized carbons (Fsp3) is 0.158. The average Bonchev–Trinajstić information content (AvgIpc) is 2.93. The van der Waals surface area contributed by atoms with Crippen LogP contribution in [-0.4, -0.2) is 15.7 Å². The summed E-state index contributed by atoms with van der Waals surface area (Å²) in [6, 6.07) is 17.2. The van der Waals surface area contributed by atoms with E-state index in [-0.39, 0.29) is 0 Å². The first-order valence-corrected chi connectivity index (χ1v) is 7.99. The van der Waals surface area contributed by atoms with Gasteiger partial charge in [-0.2, -0.15) is 5.10 Å². The Kier molecular flexibility index (Phi) is 4.99. The van der Waals surface area contributed by atoms with Gasteiger partial charge < -0.3 is 15.8 Å². The summed E-state index contributed by atoms with van der Waals surface area (Å²) in [5.74, 6) is 1.86. The molecule has 0 atom stereocenters. The molecular weight excluding hydrogens is 314 g/mol. The van der Waals surface area contributed by atoms with Crippen molar-refractivity contribution in [2.75, 3.05) is 5.32 Å². The largest absolute Gasteiger partial charge is 0.457 e. The summed E-state index contributed by atoms with van der Waals surface area (Å²) in [5.41, 5.74) is 8.93. The van der Waals surface area contributed by atoms with Crippen LogP contribution in [0.25, 0.3) is 0 Å². The SMILES string of the molecule is Cc1c(CN=C(N)Nc2cccc(Oc3ccccc3)c2)cnn1C. The number of hydrogen-bond acceptors (Lipinski definition) is 3. The number of ether oxygens (including phenoxy) is 1. The van der Waals surface area contributed by atoms with Crippen LogP contribution in [0.15, 0.2) is 65.8 Å². The maximum Gasteiger partial charge on any atom is 0.193 e. The van der Waals surface area contributed by atoms with Gasteiger partial charge in [-0.1, -0.05) is 24.3 Å². The number of nitrogens with one attached hydrogen (secondary N) is 1. The van der Waals surface area contributed by atoms with Crippen LogP contribution in [0.3, 0.4) is 0 Å². The zero-order chi connectivity index (χ0) is 17.6. The number of para-hydroxylation sites is 1. The highest BCUT2D eigenvalue weighted by atomic mass is 16.5. The highest BCUT2D eigenvalue weighted by molar-refractivity contribution is 5.92. The second-order valence-electron chi connectivity index (χ2n) is 5.65. The number of hydrogen-bond donors (Lipinski definition) is 2. The smallest absolute Gasteiger partial charge is 0.193 e. The molecule has 0 bridgehead atoms. The van der Waals surface area contributed by atoms with Crippen LogP contribution >= 0.6 is 0 Å². The van der Waals surface area contributed by atoms with Gasteiger partial charge in [-0.25, -0.2) is 4.99 Å². The first-order valence-electron chi connectivity index (χ1n) is 7.99. The molecule has 0 saturated heterocycles. The Morgan fingerprint density at radius 3 is 2.64 bits per heavy atom. The molecule has 25 heavy (non-hydrogen) atoms. The predicted molar refractivity (Wildman–Crippen MR) is 99.9 cm³/mol. The van der Waals surface area contributed by atoms with Crippen LogP contribution < -0.4 is 15.8 Å². The van der Waals surface area contributed by atoms with Crippen molar-refractivity contribution in [1.29, 1.82) is 0 Å². The lowest BCUT2D eigenvalue weighted by Crippen LogP contribution is -2.22. The van der Waals surface area contributed by atoms with Gasteiger partial charge in [0, 0.05) is 30.1 Å². The van der Waals surface area contributed by atoms with Gasteiger partial charge in [0.1, 0.15) is 11.5 Å². The molecule has 1 aromatic heterocycles. The van der Waals surface area contributed by atoms with Crippen LogP contribution in [0.4, 0.5) is 5.69 Å². The monoisotopic (exact) mass is 335 g/mol. The van der Waals surface area contributed by atoms with Crippen molar-refractivity contribution < 1.29 is 4.74 Å². The van der Waals surface area contributed by atoms with Gasteiger partial charge in [0.2, 0.25) is 0 Å². The minimum absolute atomic E-state index is 0.347. The lowest BCUT2D eigenvalue weighted by molar-refractivity contribution is 0.483.